The molecule has 3 aromatic heterocycles. The summed E-state index contributed by atoms with van der Waals surface area (Å²) in [6.45, 7) is 5.34. The maximum Gasteiger partial charge on any atom is 0.358 e. The van der Waals surface area contributed by atoms with Gasteiger partial charge in [0, 0.05) is 17.8 Å². The smallest absolute Gasteiger partial charge is 0.358 e. The molecule has 4 saturated carbocycles. The zero-order chi connectivity index (χ0) is 21.3. The fraction of sp³-hybridized carbons (Fsp3) is 0.609. The van der Waals surface area contributed by atoms with Crippen molar-refractivity contribution in [2.24, 2.45) is 23.2 Å². The van der Waals surface area contributed by atoms with Crippen molar-refractivity contribution in [1.29, 1.82) is 0 Å². The molecule has 0 radical (unpaired) electrons. The van der Waals surface area contributed by atoms with E-state index in [-0.39, 0.29) is 5.97 Å². The van der Waals surface area contributed by atoms with E-state index in [0.717, 1.165) is 48.8 Å². The molecule has 0 amide bonds. The number of hydrogen-bond donors (Lipinski definition) is 0. The Kier molecular flexibility index (Phi) is 4.76. The molecule has 31 heavy (non-hydrogen) atoms. The zero-order valence-corrected chi connectivity index (χ0v) is 20.9. The largest absolute Gasteiger partial charge is 0.461 e. The molecule has 8 heteroatoms. The van der Waals surface area contributed by atoms with E-state index in [1.807, 2.05) is 13.1 Å². The van der Waals surface area contributed by atoms with E-state index in [9.17, 15) is 4.79 Å². The number of rotatable bonds is 5. The normalized spacial score (nSPS) is 29.2. The lowest BCUT2D eigenvalue weighted by Gasteiger charge is -2.56. The first-order valence-electron chi connectivity index (χ1n) is 11.3. The summed E-state index contributed by atoms with van der Waals surface area (Å²) >= 11 is 3.87. The van der Waals surface area contributed by atoms with Gasteiger partial charge in [-0.05, 0) is 98.1 Å². The van der Waals surface area contributed by atoms with Crippen molar-refractivity contribution in [2.45, 2.75) is 58.9 Å². The number of nitrogens with zero attached hydrogens (tertiary/aromatic N) is 4. The molecule has 0 spiro atoms. The van der Waals surface area contributed by atoms with Crippen LogP contribution >= 0.6 is 33.9 Å². The van der Waals surface area contributed by atoms with Crippen LogP contribution in [-0.2, 0) is 11.3 Å². The lowest BCUT2D eigenvalue weighted by atomic mass is 9.49. The topological polar surface area (TPSA) is 61.4 Å². The van der Waals surface area contributed by atoms with Gasteiger partial charge in [0.1, 0.15) is 4.83 Å². The van der Waals surface area contributed by atoms with Crippen molar-refractivity contribution in [2.75, 3.05) is 6.61 Å². The minimum atomic E-state index is -0.323. The Bertz CT molecular complexity index is 1140. The SMILES string of the molecule is CCOC(=O)c1c(-c2cnn(CC34CC5CC(CC(C5)C3)C4)c2C)sc2c(I)cnn12. The highest BCUT2D eigenvalue weighted by Crippen LogP contribution is 2.60. The number of aromatic nitrogens is 4. The Hall–Kier alpha value is -1.42. The first-order valence-corrected chi connectivity index (χ1v) is 13.2. The summed E-state index contributed by atoms with van der Waals surface area (Å²) in [6, 6.07) is 0. The van der Waals surface area contributed by atoms with Crippen LogP contribution in [0.15, 0.2) is 12.4 Å². The fourth-order valence-corrected chi connectivity index (χ4v) is 8.83. The number of esters is 1. The first-order chi connectivity index (χ1) is 15.0. The van der Waals surface area contributed by atoms with Gasteiger partial charge in [0.25, 0.3) is 0 Å². The number of fused-ring (bicyclic) bond motifs is 1. The number of thiazole rings is 1. The third-order valence-electron chi connectivity index (χ3n) is 7.78. The molecular weight excluding hydrogens is 523 g/mol. The minimum absolute atomic E-state index is 0.323. The van der Waals surface area contributed by atoms with Gasteiger partial charge in [0.2, 0.25) is 0 Å². The van der Waals surface area contributed by atoms with Crippen LogP contribution in [0, 0.1) is 33.7 Å². The van der Waals surface area contributed by atoms with Crippen molar-refractivity contribution in [1.82, 2.24) is 19.4 Å². The van der Waals surface area contributed by atoms with Gasteiger partial charge < -0.3 is 4.74 Å². The molecule has 0 atom stereocenters. The van der Waals surface area contributed by atoms with Crippen LogP contribution in [-0.4, -0.2) is 32.0 Å². The van der Waals surface area contributed by atoms with E-state index in [0.29, 0.717) is 17.7 Å². The Labute approximate surface area is 199 Å². The van der Waals surface area contributed by atoms with E-state index in [1.165, 1.54) is 38.5 Å². The maximum absolute atomic E-state index is 12.8. The summed E-state index contributed by atoms with van der Waals surface area (Å²) in [7, 11) is 0. The molecule has 3 aromatic rings. The molecule has 4 aliphatic carbocycles. The van der Waals surface area contributed by atoms with Crippen LogP contribution < -0.4 is 0 Å². The monoisotopic (exact) mass is 550 g/mol. The van der Waals surface area contributed by atoms with Gasteiger partial charge in [-0.25, -0.2) is 9.31 Å². The van der Waals surface area contributed by atoms with E-state index in [2.05, 4.69) is 39.3 Å². The minimum Gasteiger partial charge on any atom is -0.461 e. The highest BCUT2D eigenvalue weighted by molar-refractivity contribution is 14.1. The van der Waals surface area contributed by atoms with Gasteiger partial charge in [-0.2, -0.15) is 10.2 Å². The highest BCUT2D eigenvalue weighted by Gasteiger charge is 2.51. The molecular formula is C23H27IN4O2S. The molecule has 4 bridgehead atoms. The first kappa shape index (κ1) is 20.2. The van der Waals surface area contributed by atoms with Crippen LogP contribution in [0.25, 0.3) is 15.3 Å². The Morgan fingerprint density at radius 3 is 2.52 bits per heavy atom. The molecule has 3 heterocycles. The summed E-state index contributed by atoms with van der Waals surface area (Å²) in [5.41, 5.74) is 3.11. The molecule has 0 aromatic carbocycles. The molecule has 4 fully saturated rings. The number of carbonyl (C=O) groups is 1. The number of hydrogen-bond acceptors (Lipinski definition) is 5. The second-order valence-electron chi connectivity index (χ2n) is 9.93. The van der Waals surface area contributed by atoms with Crippen LogP contribution in [0.1, 0.15) is 61.6 Å². The Morgan fingerprint density at radius 2 is 1.87 bits per heavy atom. The number of carbonyl (C=O) groups excluding carboxylic acids is 1. The molecule has 4 aliphatic rings. The predicted molar refractivity (Wildman–Crippen MR) is 128 cm³/mol. The highest BCUT2D eigenvalue weighted by atomic mass is 127. The van der Waals surface area contributed by atoms with Gasteiger partial charge in [0.15, 0.2) is 5.69 Å². The van der Waals surface area contributed by atoms with Gasteiger partial charge in [-0.3, -0.25) is 4.68 Å². The molecule has 0 unspecified atom stereocenters. The Balaban J connectivity index is 1.38. The van der Waals surface area contributed by atoms with Crippen LogP contribution in [0.5, 0.6) is 0 Å². The molecule has 7 rings (SSSR count). The summed E-state index contributed by atoms with van der Waals surface area (Å²) in [4.78, 5) is 14.7. The summed E-state index contributed by atoms with van der Waals surface area (Å²) in [5, 5.41) is 9.27. The summed E-state index contributed by atoms with van der Waals surface area (Å²) < 4.78 is 10.4. The van der Waals surface area contributed by atoms with Crippen molar-refractivity contribution in [3.05, 3.63) is 27.4 Å². The van der Waals surface area contributed by atoms with Crippen LogP contribution in [0.3, 0.4) is 0 Å². The van der Waals surface area contributed by atoms with E-state index >= 15 is 0 Å². The van der Waals surface area contributed by atoms with Crippen LogP contribution in [0.2, 0.25) is 0 Å². The van der Waals surface area contributed by atoms with E-state index < -0.39 is 0 Å². The molecule has 6 nitrogen and oxygen atoms in total. The fourth-order valence-electron chi connectivity index (χ4n) is 7.00. The van der Waals surface area contributed by atoms with Crippen molar-refractivity contribution < 1.29 is 9.53 Å². The van der Waals surface area contributed by atoms with Gasteiger partial charge in [-0.1, -0.05) is 0 Å². The molecule has 0 N–H and O–H groups in total. The maximum atomic E-state index is 12.8. The van der Waals surface area contributed by atoms with Crippen molar-refractivity contribution in [3.63, 3.8) is 0 Å². The van der Waals surface area contributed by atoms with Gasteiger partial charge in [-0.15, -0.1) is 11.3 Å². The average molecular weight is 550 g/mol. The van der Waals surface area contributed by atoms with Crippen molar-refractivity contribution >= 4 is 44.7 Å². The lowest BCUT2D eigenvalue weighted by molar-refractivity contribution is -0.0638. The van der Waals surface area contributed by atoms with Crippen molar-refractivity contribution in [3.8, 4) is 10.4 Å². The average Bonchev–Trinajstić information content (AvgIpc) is 3.36. The second kappa shape index (κ2) is 7.30. The Morgan fingerprint density at radius 1 is 1.19 bits per heavy atom. The quantitative estimate of drug-likeness (QED) is 0.308. The second-order valence-corrected chi connectivity index (χ2v) is 12.1. The lowest BCUT2D eigenvalue weighted by Crippen LogP contribution is -2.48. The molecule has 0 aliphatic heterocycles. The van der Waals surface area contributed by atoms with Gasteiger partial charge >= 0.3 is 5.97 Å². The van der Waals surface area contributed by atoms with Gasteiger partial charge in [0.05, 0.1) is 27.4 Å². The summed E-state index contributed by atoms with van der Waals surface area (Å²) in [5.74, 6) is 2.48. The standard InChI is InChI=1S/C23H27IN4O2S/c1-3-30-22(29)19-20(31-21-18(24)11-26-28(19)21)17-10-25-27(13(17)2)12-23-7-14-4-15(8-23)6-16(5-14)9-23/h10-11,14-16H,3-9,12H2,1-2H3. The zero-order valence-electron chi connectivity index (χ0n) is 17.9. The number of ether oxygens (including phenoxy) is 1. The van der Waals surface area contributed by atoms with E-state index in [1.54, 1.807) is 22.0 Å². The van der Waals surface area contributed by atoms with E-state index in [4.69, 9.17) is 9.84 Å². The molecule has 164 valence electrons. The third-order valence-corrected chi connectivity index (χ3v) is 10.1. The van der Waals surface area contributed by atoms with Crippen LogP contribution in [0.4, 0.5) is 0 Å². The number of halogens is 1. The third kappa shape index (κ3) is 3.19. The predicted octanol–water partition coefficient (Wildman–Crippen LogP) is 5.57. The summed E-state index contributed by atoms with van der Waals surface area (Å²) in [6.07, 6.45) is 12.2. The molecule has 0 saturated heterocycles.